The highest BCUT2D eigenvalue weighted by Gasteiger charge is 2.26. The molecule has 0 atom stereocenters. The molecule has 8 nitrogen and oxygen atoms in total. The highest BCUT2D eigenvalue weighted by molar-refractivity contribution is 7.89. The molecule has 0 unspecified atom stereocenters. The van der Waals surface area contributed by atoms with Gasteiger partial charge in [0.1, 0.15) is 0 Å². The molecule has 0 aromatic heterocycles. The summed E-state index contributed by atoms with van der Waals surface area (Å²) in [5.74, 6) is -0.405. The van der Waals surface area contributed by atoms with Crippen molar-refractivity contribution in [1.29, 1.82) is 0 Å². The van der Waals surface area contributed by atoms with E-state index in [1.54, 1.807) is 36.4 Å². The predicted molar refractivity (Wildman–Crippen MR) is 110 cm³/mol. The number of morpholine rings is 1. The molecule has 0 spiro atoms. The summed E-state index contributed by atoms with van der Waals surface area (Å²) in [6.07, 6.45) is 0. The molecule has 3 rings (SSSR count). The van der Waals surface area contributed by atoms with E-state index in [2.05, 4.69) is 10.6 Å². The highest BCUT2D eigenvalue weighted by atomic mass is 32.2. The number of hydrogen-bond donors (Lipinski definition) is 2. The Morgan fingerprint density at radius 2 is 1.69 bits per heavy atom. The van der Waals surface area contributed by atoms with Crippen LogP contribution in [-0.4, -0.2) is 57.3 Å². The van der Waals surface area contributed by atoms with Crippen molar-refractivity contribution in [3.63, 3.8) is 0 Å². The molecule has 0 bridgehead atoms. The van der Waals surface area contributed by atoms with Crippen LogP contribution in [0.1, 0.15) is 17.3 Å². The second-order valence-electron chi connectivity index (χ2n) is 6.54. The molecule has 1 fully saturated rings. The van der Waals surface area contributed by atoms with Crippen LogP contribution in [0.15, 0.2) is 53.4 Å². The van der Waals surface area contributed by atoms with Gasteiger partial charge in [-0.25, -0.2) is 8.42 Å². The fraction of sp³-hybridized carbons (Fsp3) is 0.300. The number of benzene rings is 2. The van der Waals surface area contributed by atoms with Gasteiger partial charge in [0, 0.05) is 30.0 Å². The number of anilines is 2. The van der Waals surface area contributed by atoms with Gasteiger partial charge in [-0.3, -0.25) is 9.59 Å². The molecule has 154 valence electrons. The van der Waals surface area contributed by atoms with E-state index in [-0.39, 0.29) is 23.1 Å². The number of ketones is 1. The summed E-state index contributed by atoms with van der Waals surface area (Å²) in [6.45, 7) is 2.86. The zero-order chi connectivity index (χ0) is 20.9. The summed E-state index contributed by atoms with van der Waals surface area (Å²) in [6, 6.07) is 13.0. The molecule has 0 saturated carbocycles. The lowest BCUT2D eigenvalue weighted by molar-refractivity contribution is -0.114. The molecule has 0 aliphatic carbocycles. The van der Waals surface area contributed by atoms with Gasteiger partial charge in [-0.05, 0) is 43.3 Å². The van der Waals surface area contributed by atoms with Gasteiger partial charge >= 0.3 is 0 Å². The number of ether oxygens (including phenoxy) is 1. The van der Waals surface area contributed by atoms with Crippen molar-refractivity contribution in [2.24, 2.45) is 0 Å². The number of hydrogen-bond acceptors (Lipinski definition) is 6. The molecule has 2 aromatic carbocycles. The van der Waals surface area contributed by atoms with Crippen molar-refractivity contribution in [2.75, 3.05) is 43.5 Å². The van der Waals surface area contributed by atoms with Crippen LogP contribution in [0.3, 0.4) is 0 Å². The Hall–Kier alpha value is -2.75. The third-order valence-corrected chi connectivity index (χ3v) is 6.40. The second-order valence-corrected chi connectivity index (χ2v) is 8.48. The van der Waals surface area contributed by atoms with Gasteiger partial charge in [0.25, 0.3) is 0 Å². The van der Waals surface area contributed by atoms with Crippen molar-refractivity contribution < 1.29 is 22.7 Å². The quantitative estimate of drug-likeness (QED) is 0.668. The summed E-state index contributed by atoms with van der Waals surface area (Å²) in [5.41, 5.74) is 1.58. The number of nitrogens with zero attached hydrogens (tertiary/aromatic N) is 1. The standard InChI is InChI=1S/C20H23N3O5S/c1-15(24)18-4-2-3-5-19(18)21-14-20(25)22-16-6-8-17(9-7-16)29(26,27)23-10-12-28-13-11-23/h2-9,21H,10-14H2,1H3,(H,22,25). The molecule has 1 aliphatic rings. The van der Waals surface area contributed by atoms with Crippen LogP contribution in [0.2, 0.25) is 0 Å². The lowest BCUT2D eigenvalue weighted by atomic mass is 10.1. The summed E-state index contributed by atoms with van der Waals surface area (Å²) < 4.78 is 31.8. The molecule has 29 heavy (non-hydrogen) atoms. The van der Waals surface area contributed by atoms with E-state index in [0.717, 1.165) is 0 Å². The third-order valence-electron chi connectivity index (χ3n) is 4.49. The summed E-state index contributed by atoms with van der Waals surface area (Å²) >= 11 is 0. The van der Waals surface area contributed by atoms with E-state index >= 15 is 0 Å². The minimum atomic E-state index is -3.57. The van der Waals surface area contributed by atoms with Gasteiger partial charge in [0.15, 0.2) is 5.78 Å². The summed E-state index contributed by atoms with van der Waals surface area (Å²) in [7, 11) is -3.57. The molecule has 0 radical (unpaired) electrons. The largest absolute Gasteiger partial charge is 0.379 e. The molecular formula is C20H23N3O5S. The van der Waals surface area contributed by atoms with Crippen LogP contribution >= 0.6 is 0 Å². The van der Waals surface area contributed by atoms with E-state index in [0.29, 0.717) is 43.2 Å². The highest BCUT2D eigenvalue weighted by Crippen LogP contribution is 2.20. The Kier molecular flexibility index (Phi) is 6.63. The van der Waals surface area contributed by atoms with Gasteiger partial charge in [-0.15, -0.1) is 0 Å². The van der Waals surface area contributed by atoms with E-state index in [9.17, 15) is 18.0 Å². The number of rotatable bonds is 7. The number of nitrogens with one attached hydrogen (secondary N) is 2. The minimum absolute atomic E-state index is 0.0296. The monoisotopic (exact) mass is 417 g/mol. The minimum Gasteiger partial charge on any atom is -0.379 e. The average molecular weight is 417 g/mol. The van der Waals surface area contributed by atoms with Crippen LogP contribution in [-0.2, 0) is 19.6 Å². The smallest absolute Gasteiger partial charge is 0.243 e. The van der Waals surface area contributed by atoms with E-state index in [1.165, 1.54) is 23.4 Å². The predicted octanol–water partition coefficient (Wildman–Crippen LogP) is 1.96. The SMILES string of the molecule is CC(=O)c1ccccc1NCC(=O)Nc1ccc(S(=O)(=O)N2CCOCC2)cc1. The van der Waals surface area contributed by atoms with Crippen LogP contribution in [0.5, 0.6) is 0 Å². The first kappa shape index (κ1) is 21.0. The Balaban J connectivity index is 1.60. The normalized spacial score (nSPS) is 14.9. The molecular weight excluding hydrogens is 394 g/mol. The molecule has 1 aliphatic heterocycles. The van der Waals surface area contributed by atoms with E-state index in [4.69, 9.17) is 4.74 Å². The van der Waals surface area contributed by atoms with Crippen LogP contribution in [0.4, 0.5) is 11.4 Å². The van der Waals surface area contributed by atoms with Crippen LogP contribution in [0.25, 0.3) is 0 Å². The Bertz CT molecular complexity index is 983. The topological polar surface area (TPSA) is 105 Å². The fourth-order valence-electron chi connectivity index (χ4n) is 2.97. The maximum absolute atomic E-state index is 12.6. The number of sulfonamides is 1. The van der Waals surface area contributed by atoms with Crippen molar-refractivity contribution in [1.82, 2.24) is 4.31 Å². The fourth-order valence-corrected chi connectivity index (χ4v) is 4.38. The second kappa shape index (κ2) is 9.17. The Morgan fingerprint density at radius 3 is 2.34 bits per heavy atom. The number of carbonyl (C=O) groups is 2. The van der Waals surface area contributed by atoms with Crippen molar-refractivity contribution >= 4 is 33.1 Å². The van der Waals surface area contributed by atoms with Crippen molar-refractivity contribution in [3.8, 4) is 0 Å². The van der Waals surface area contributed by atoms with E-state index < -0.39 is 10.0 Å². The first-order valence-corrected chi connectivity index (χ1v) is 10.6. The van der Waals surface area contributed by atoms with Gasteiger partial charge in [0.05, 0.1) is 24.7 Å². The molecule has 2 N–H and O–H groups in total. The molecule has 2 aromatic rings. The van der Waals surface area contributed by atoms with Crippen molar-refractivity contribution in [3.05, 3.63) is 54.1 Å². The number of carbonyl (C=O) groups excluding carboxylic acids is 2. The summed E-state index contributed by atoms with van der Waals surface area (Å²) in [5, 5.41) is 5.65. The van der Waals surface area contributed by atoms with Gasteiger partial charge in [0.2, 0.25) is 15.9 Å². The lowest BCUT2D eigenvalue weighted by Crippen LogP contribution is -2.40. The van der Waals surface area contributed by atoms with Crippen LogP contribution < -0.4 is 10.6 Å². The van der Waals surface area contributed by atoms with Gasteiger partial charge < -0.3 is 15.4 Å². The molecule has 1 saturated heterocycles. The first-order chi connectivity index (χ1) is 13.9. The first-order valence-electron chi connectivity index (χ1n) is 9.19. The van der Waals surface area contributed by atoms with Gasteiger partial charge in [-0.1, -0.05) is 12.1 Å². The molecule has 9 heteroatoms. The maximum atomic E-state index is 12.6. The Labute approximate surface area is 169 Å². The zero-order valence-corrected chi connectivity index (χ0v) is 16.9. The third kappa shape index (κ3) is 5.20. The zero-order valence-electron chi connectivity index (χ0n) is 16.1. The lowest BCUT2D eigenvalue weighted by Gasteiger charge is -2.26. The van der Waals surface area contributed by atoms with E-state index in [1.807, 2.05) is 0 Å². The summed E-state index contributed by atoms with van der Waals surface area (Å²) in [4.78, 5) is 24.0. The van der Waals surface area contributed by atoms with Crippen LogP contribution in [0, 0.1) is 0 Å². The number of para-hydroxylation sites is 1. The molecule has 1 heterocycles. The average Bonchev–Trinajstić information content (AvgIpc) is 2.73. The maximum Gasteiger partial charge on any atom is 0.243 e. The Morgan fingerprint density at radius 1 is 1.03 bits per heavy atom. The molecule has 1 amide bonds. The van der Waals surface area contributed by atoms with Crippen molar-refractivity contribution in [2.45, 2.75) is 11.8 Å². The number of amides is 1. The number of Topliss-reactive ketones (excluding diaryl/α,β-unsaturated/α-hetero) is 1. The van der Waals surface area contributed by atoms with Gasteiger partial charge in [-0.2, -0.15) is 4.31 Å².